The Balaban J connectivity index is 1.56. The van der Waals surface area contributed by atoms with Gasteiger partial charge in [0.1, 0.15) is 5.58 Å². The number of ketones is 1. The number of Topliss-reactive ketones (excluding diaryl/α,β-unsaturated/α-hetero) is 1. The van der Waals surface area contributed by atoms with Gasteiger partial charge in [0.05, 0.1) is 5.39 Å². The van der Waals surface area contributed by atoms with Gasteiger partial charge in [0.15, 0.2) is 12.4 Å². The fraction of sp³-hybridized carbons (Fsp3) is 0.0370. The highest BCUT2D eigenvalue weighted by Crippen LogP contribution is 2.32. The van der Waals surface area contributed by atoms with E-state index in [1.807, 2.05) is 36.4 Å². The Bertz CT molecular complexity index is 1510. The van der Waals surface area contributed by atoms with Crippen LogP contribution in [0.5, 0.6) is 5.75 Å². The molecule has 0 amide bonds. The van der Waals surface area contributed by atoms with Gasteiger partial charge in [-0.2, -0.15) is 0 Å². The molecule has 5 rings (SSSR count). The Morgan fingerprint density at radius 1 is 0.812 bits per heavy atom. The Morgan fingerprint density at radius 2 is 1.50 bits per heavy atom. The van der Waals surface area contributed by atoms with Crippen molar-refractivity contribution in [3.05, 3.63) is 112 Å². The lowest BCUT2D eigenvalue weighted by molar-refractivity contribution is 0.0922. The fourth-order valence-corrected chi connectivity index (χ4v) is 3.86. The van der Waals surface area contributed by atoms with E-state index in [9.17, 15) is 9.59 Å². The zero-order valence-corrected chi connectivity index (χ0v) is 17.6. The average molecular weight is 441 g/mol. The monoisotopic (exact) mass is 440 g/mol. The molecule has 0 atom stereocenters. The normalized spacial score (nSPS) is 11.0. The van der Waals surface area contributed by atoms with Gasteiger partial charge in [-0.05, 0) is 47.2 Å². The van der Waals surface area contributed by atoms with Gasteiger partial charge in [-0.15, -0.1) is 0 Å². The zero-order valence-electron chi connectivity index (χ0n) is 16.9. The lowest BCUT2D eigenvalue weighted by atomic mass is 10.0. The van der Waals surface area contributed by atoms with Crippen molar-refractivity contribution in [2.24, 2.45) is 0 Å². The maximum atomic E-state index is 13.2. The van der Waals surface area contributed by atoms with Gasteiger partial charge in [-0.3, -0.25) is 9.59 Å². The van der Waals surface area contributed by atoms with Crippen molar-refractivity contribution in [1.29, 1.82) is 0 Å². The van der Waals surface area contributed by atoms with Gasteiger partial charge in [0.2, 0.25) is 17.0 Å². The highest BCUT2D eigenvalue weighted by atomic mass is 35.5. The average Bonchev–Trinajstić information content (AvgIpc) is 2.83. The van der Waals surface area contributed by atoms with E-state index in [1.54, 1.807) is 54.6 Å². The Morgan fingerprint density at radius 3 is 2.31 bits per heavy atom. The number of carbonyl (C=O) groups excluding carboxylic acids is 1. The zero-order chi connectivity index (χ0) is 22.1. The summed E-state index contributed by atoms with van der Waals surface area (Å²) in [6, 6.07) is 27.0. The number of para-hydroxylation sites is 1. The van der Waals surface area contributed by atoms with E-state index in [2.05, 4.69) is 0 Å². The molecule has 4 aromatic carbocycles. The number of benzene rings is 4. The molecule has 0 saturated carbocycles. The summed E-state index contributed by atoms with van der Waals surface area (Å²) in [5.74, 6) is 0.0344. The molecule has 0 radical (unpaired) electrons. The number of halogens is 1. The molecule has 5 aromatic rings. The van der Waals surface area contributed by atoms with Crippen LogP contribution in [0.15, 0.2) is 100 Å². The first-order chi connectivity index (χ1) is 15.6. The second-order valence-electron chi connectivity index (χ2n) is 7.33. The standard InChI is InChI=1S/C27H17ClO4/c28-19-14-12-18(13-15-19)26-27(25(30)22-9-3-4-11-24(22)32-26)31-16-23(29)21-10-5-7-17-6-1-2-8-20(17)21/h1-15H,16H2. The van der Waals surface area contributed by atoms with E-state index >= 15 is 0 Å². The molecule has 4 nitrogen and oxygen atoms in total. The maximum absolute atomic E-state index is 13.2. The fourth-order valence-electron chi connectivity index (χ4n) is 3.73. The van der Waals surface area contributed by atoms with Crippen LogP contribution < -0.4 is 10.2 Å². The predicted octanol–water partition coefficient (Wildman–Crippen LogP) is 6.53. The van der Waals surface area contributed by atoms with Gasteiger partial charge in [0.25, 0.3) is 0 Å². The molecule has 32 heavy (non-hydrogen) atoms. The summed E-state index contributed by atoms with van der Waals surface area (Å²) in [5, 5.41) is 2.75. The van der Waals surface area contributed by atoms with Crippen LogP contribution in [0.4, 0.5) is 0 Å². The lowest BCUT2D eigenvalue weighted by Gasteiger charge is -2.12. The van der Waals surface area contributed by atoms with Crippen LogP contribution in [0.1, 0.15) is 10.4 Å². The van der Waals surface area contributed by atoms with E-state index in [-0.39, 0.29) is 29.3 Å². The van der Waals surface area contributed by atoms with E-state index in [4.69, 9.17) is 20.8 Å². The number of carbonyl (C=O) groups is 1. The van der Waals surface area contributed by atoms with Gasteiger partial charge in [-0.25, -0.2) is 0 Å². The van der Waals surface area contributed by atoms with Crippen molar-refractivity contribution in [1.82, 2.24) is 0 Å². The molecule has 0 bridgehead atoms. The molecule has 0 aliphatic heterocycles. The van der Waals surface area contributed by atoms with Gasteiger partial charge in [0, 0.05) is 16.1 Å². The smallest absolute Gasteiger partial charge is 0.235 e. The highest BCUT2D eigenvalue weighted by Gasteiger charge is 2.19. The number of hydrogen-bond acceptors (Lipinski definition) is 4. The van der Waals surface area contributed by atoms with Crippen LogP contribution in [0.2, 0.25) is 5.02 Å². The molecule has 0 fully saturated rings. The molecule has 156 valence electrons. The Hall–Kier alpha value is -3.89. The molecule has 5 heteroatoms. The Kier molecular flexibility index (Phi) is 5.21. The van der Waals surface area contributed by atoms with Crippen LogP contribution in [0.25, 0.3) is 33.1 Å². The second-order valence-corrected chi connectivity index (χ2v) is 7.77. The third-order valence-electron chi connectivity index (χ3n) is 5.30. The third-order valence-corrected chi connectivity index (χ3v) is 5.55. The number of hydrogen-bond donors (Lipinski definition) is 0. The maximum Gasteiger partial charge on any atom is 0.235 e. The van der Waals surface area contributed by atoms with Crippen LogP contribution in [-0.4, -0.2) is 12.4 Å². The largest absolute Gasteiger partial charge is 0.478 e. The first kappa shape index (κ1) is 20.0. The number of rotatable bonds is 5. The second kappa shape index (κ2) is 8.33. The summed E-state index contributed by atoms with van der Waals surface area (Å²) in [7, 11) is 0. The SMILES string of the molecule is O=C(COc1c(-c2ccc(Cl)cc2)oc2ccccc2c1=O)c1cccc2ccccc12. The molecule has 0 N–H and O–H groups in total. The van der Waals surface area contributed by atoms with Crippen LogP contribution >= 0.6 is 11.6 Å². The van der Waals surface area contributed by atoms with Crippen molar-refractivity contribution in [2.75, 3.05) is 6.61 Å². The van der Waals surface area contributed by atoms with Crippen molar-refractivity contribution >= 4 is 39.1 Å². The predicted molar refractivity (Wildman–Crippen MR) is 127 cm³/mol. The van der Waals surface area contributed by atoms with Crippen LogP contribution in [0, 0.1) is 0 Å². The molecule has 0 aliphatic carbocycles. The van der Waals surface area contributed by atoms with Gasteiger partial charge in [-0.1, -0.05) is 66.2 Å². The van der Waals surface area contributed by atoms with Crippen molar-refractivity contribution in [2.45, 2.75) is 0 Å². The highest BCUT2D eigenvalue weighted by molar-refractivity contribution is 6.30. The van der Waals surface area contributed by atoms with Crippen LogP contribution in [-0.2, 0) is 0 Å². The van der Waals surface area contributed by atoms with Crippen molar-refractivity contribution in [3.8, 4) is 17.1 Å². The van der Waals surface area contributed by atoms with Crippen molar-refractivity contribution in [3.63, 3.8) is 0 Å². The molecular formula is C27H17ClO4. The van der Waals surface area contributed by atoms with Gasteiger partial charge < -0.3 is 9.15 Å². The van der Waals surface area contributed by atoms with Crippen molar-refractivity contribution < 1.29 is 13.9 Å². The van der Waals surface area contributed by atoms with E-state index in [0.717, 1.165) is 10.8 Å². The summed E-state index contributed by atoms with van der Waals surface area (Å²) in [6.07, 6.45) is 0. The summed E-state index contributed by atoms with van der Waals surface area (Å²) in [6.45, 7) is -0.294. The number of fused-ring (bicyclic) bond motifs is 2. The minimum Gasteiger partial charge on any atom is -0.478 e. The number of ether oxygens (including phenoxy) is 1. The van der Waals surface area contributed by atoms with E-state index in [0.29, 0.717) is 27.1 Å². The quantitative estimate of drug-likeness (QED) is 0.291. The summed E-state index contributed by atoms with van der Waals surface area (Å²) < 4.78 is 11.9. The topological polar surface area (TPSA) is 56.5 Å². The molecule has 1 heterocycles. The summed E-state index contributed by atoms with van der Waals surface area (Å²) in [5.41, 5.74) is 1.28. The first-order valence-electron chi connectivity index (χ1n) is 10.1. The molecular weight excluding hydrogens is 424 g/mol. The molecule has 0 spiro atoms. The summed E-state index contributed by atoms with van der Waals surface area (Å²) >= 11 is 6.02. The third kappa shape index (κ3) is 3.66. The van der Waals surface area contributed by atoms with E-state index in [1.165, 1.54) is 0 Å². The van der Waals surface area contributed by atoms with E-state index < -0.39 is 0 Å². The summed E-state index contributed by atoms with van der Waals surface area (Å²) in [4.78, 5) is 26.3. The Labute approximate surface area is 188 Å². The van der Waals surface area contributed by atoms with Gasteiger partial charge >= 0.3 is 0 Å². The minimum atomic E-state index is -0.331. The minimum absolute atomic E-state index is 0.000362. The molecule has 0 aliphatic rings. The molecule has 0 unspecified atom stereocenters. The lowest BCUT2D eigenvalue weighted by Crippen LogP contribution is -2.17. The van der Waals surface area contributed by atoms with Crippen LogP contribution in [0.3, 0.4) is 0 Å². The molecule has 1 aromatic heterocycles. The first-order valence-corrected chi connectivity index (χ1v) is 10.4. The molecule has 0 saturated heterocycles.